The largest absolute Gasteiger partial charge is 0.383 e. The number of hydrazine groups is 2. The Morgan fingerprint density at radius 3 is 2.74 bits per heavy atom. The fraction of sp³-hybridized carbons (Fsp3) is 0.258. The number of nitrogens with one attached hydrogen (secondary N) is 4. The highest BCUT2D eigenvalue weighted by atomic mass is 35.5. The van der Waals surface area contributed by atoms with Gasteiger partial charge in [-0.15, -0.1) is 5.53 Å². The molecule has 2 aromatic heterocycles. The van der Waals surface area contributed by atoms with Gasteiger partial charge in [0.15, 0.2) is 0 Å². The van der Waals surface area contributed by atoms with Crippen LogP contribution in [-0.2, 0) is 4.74 Å². The minimum absolute atomic E-state index is 0.0433. The van der Waals surface area contributed by atoms with Gasteiger partial charge in [-0.2, -0.15) is 5.26 Å². The molecule has 42 heavy (non-hydrogen) atoms. The number of halogens is 2. The van der Waals surface area contributed by atoms with Crippen LogP contribution in [0.3, 0.4) is 0 Å². The second-order valence-corrected chi connectivity index (χ2v) is 11.2. The fourth-order valence-corrected chi connectivity index (χ4v) is 5.50. The molecular formula is C31H30ClFN8O. The second-order valence-electron chi connectivity index (χ2n) is 10.8. The van der Waals surface area contributed by atoms with Gasteiger partial charge >= 0.3 is 0 Å². The number of nitriles is 1. The molecule has 4 aromatic rings. The van der Waals surface area contributed by atoms with Crippen LogP contribution in [-0.4, -0.2) is 29.7 Å². The first-order chi connectivity index (χ1) is 20.4. The summed E-state index contributed by atoms with van der Waals surface area (Å²) in [5.74, 6) is -0.321. The molecule has 4 heterocycles. The lowest BCUT2D eigenvalue weighted by molar-refractivity contribution is 0.0300. The highest BCUT2D eigenvalue weighted by Gasteiger charge is 2.28. The predicted octanol–water partition coefficient (Wildman–Crippen LogP) is 6.05. The van der Waals surface area contributed by atoms with Crippen molar-refractivity contribution in [2.75, 3.05) is 35.4 Å². The van der Waals surface area contributed by atoms with E-state index >= 15 is 0 Å². The first-order valence-corrected chi connectivity index (χ1v) is 14.1. The molecule has 6 rings (SSSR count). The van der Waals surface area contributed by atoms with Gasteiger partial charge in [-0.05, 0) is 60.2 Å². The van der Waals surface area contributed by atoms with E-state index in [-0.39, 0.29) is 11.2 Å². The number of fused-ring (bicyclic) bond motifs is 1. The summed E-state index contributed by atoms with van der Waals surface area (Å²) >= 11 is 6.78. The molecule has 4 N–H and O–H groups in total. The maximum absolute atomic E-state index is 13.9. The molecule has 1 unspecified atom stereocenters. The molecule has 0 radical (unpaired) electrons. The zero-order valence-corrected chi connectivity index (χ0v) is 23.8. The van der Waals surface area contributed by atoms with Gasteiger partial charge < -0.3 is 20.8 Å². The monoisotopic (exact) mass is 584 g/mol. The molecule has 9 nitrogen and oxygen atoms in total. The Morgan fingerprint density at radius 2 is 2.00 bits per heavy atom. The smallest absolute Gasteiger partial charge is 0.123 e. The van der Waals surface area contributed by atoms with Gasteiger partial charge in [0.25, 0.3) is 0 Å². The zero-order valence-electron chi connectivity index (χ0n) is 23.0. The SMILES string of the molecule is CC1(CNc2c(C#N)cnc3c(Cl)cc(NC(C4=CN(c5cccnc5)NN4)c4ccc(F)cc4)cc23)CCOCC1. The summed E-state index contributed by atoms with van der Waals surface area (Å²) in [5, 5.41) is 20.0. The van der Waals surface area contributed by atoms with Gasteiger partial charge in [0.1, 0.15) is 11.9 Å². The molecule has 1 fully saturated rings. The van der Waals surface area contributed by atoms with Crippen molar-refractivity contribution in [2.45, 2.75) is 25.8 Å². The molecule has 1 atom stereocenters. The fourth-order valence-electron chi connectivity index (χ4n) is 5.23. The highest BCUT2D eigenvalue weighted by Crippen LogP contribution is 2.37. The van der Waals surface area contributed by atoms with E-state index in [0.29, 0.717) is 34.0 Å². The third-order valence-electron chi connectivity index (χ3n) is 7.78. The normalized spacial score (nSPS) is 16.8. The summed E-state index contributed by atoms with van der Waals surface area (Å²) in [6.07, 6.45) is 8.80. The van der Waals surface area contributed by atoms with Gasteiger partial charge in [-0.3, -0.25) is 15.0 Å². The number of nitrogens with zero attached hydrogens (tertiary/aromatic N) is 4. The molecule has 0 bridgehead atoms. The van der Waals surface area contributed by atoms with E-state index in [1.165, 1.54) is 12.1 Å². The summed E-state index contributed by atoms with van der Waals surface area (Å²) in [5.41, 5.74) is 11.3. The van der Waals surface area contributed by atoms with Gasteiger partial charge in [-0.1, -0.05) is 30.7 Å². The molecule has 2 aliphatic heterocycles. The van der Waals surface area contributed by atoms with Crippen LogP contribution in [0.5, 0.6) is 0 Å². The van der Waals surface area contributed by atoms with Crippen molar-refractivity contribution in [1.82, 2.24) is 20.9 Å². The van der Waals surface area contributed by atoms with Crippen molar-refractivity contribution >= 4 is 39.6 Å². The summed E-state index contributed by atoms with van der Waals surface area (Å²) in [6.45, 7) is 4.37. The van der Waals surface area contributed by atoms with Crippen molar-refractivity contribution in [3.63, 3.8) is 0 Å². The number of ether oxygens (including phenoxy) is 1. The van der Waals surface area contributed by atoms with Crippen LogP contribution < -0.4 is 26.6 Å². The Kier molecular flexibility index (Phi) is 7.80. The number of aromatic nitrogens is 2. The molecule has 2 aliphatic rings. The first kappa shape index (κ1) is 27.7. The van der Waals surface area contributed by atoms with Crippen molar-refractivity contribution in [2.24, 2.45) is 5.41 Å². The summed E-state index contributed by atoms with van der Waals surface area (Å²) in [4.78, 5) is 8.70. The van der Waals surface area contributed by atoms with Crippen molar-refractivity contribution in [3.8, 4) is 6.07 Å². The maximum atomic E-state index is 13.9. The van der Waals surface area contributed by atoms with E-state index in [1.54, 1.807) is 30.7 Å². The molecule has 2 aromatic carbocycles. The summed E-state index contributed by atoms with van der Waals surface area (Å²) < 4.78 is 19.4. The van der Waals surface area contributed by atoms with Crippen molar-refractivity contribution < 1.29 is 9.13 Å². The van der Waals surface area contributed by atoms with E-state index in [9.17, 15) is 9.65 Å². The maximum Gasteiger partial charge on any atom is 0.123 e. The van der Waals surface area contributed by atoms with E-state index < -0.39 is 6.04 Å². The third kappa shape index (κ3) is 5.81. The van der Waals surface area contributed by atoms with Gasteiger partial charge in [-0.25, -0.2) is 4.39 Å². The highest BCUT2D eigenvalue weighted by molar-refractivity contribution is 6.35. The van der Waals surface area contributed by atoms with Crippen LogP contribution in [0.4, 0.5) is 21.5 Å². The predicted molar refractivity (Wildman–Crippen MR) is 162 cm³/mol. The Balaban J connectivity index is 1.37. The van der Waals surface area contributed by atoms with E-state index in [1.807, 2.05) is 35.5 Å². The Labute approximate surface area is 248 Å². The average molecular weight is 585 g/mol. The molecule has 0 saturated carbocycles. The molecule has 1 saturated heterocycles. The molecule has 11 heteroatoms. The van der Waals surface area contributed by atoms with Crippen LogP contribution in [0.15, 0.2) is 79.0 Å². The van der Waals surface area contributed by atoms with Crippen LogP contribution in [0.1, 0.15) is 36.9 Å². The topological polar surface area (TPSA) is 110 Å². The quantitative estimate of drug-likeness (QED) is 0.197. The minimum atomic E-state index is -0.405. The Bertz CT molecular complexity index is 1650. The third-order valence-corrected chi connectivity index (χ3v) is 8.06. The van der Waals surface area contributed by atoms with Gasteiger partial charge in [0, 0.05) is 49.4 Å². The zero-order chi connectivity index (χ0) is 29.1. The number of hydrogen-bond acceptors (Lipinski definition) is 9. The standard InChI is InChI=1S/C31H30ClFN8O/c1-31(8-11-42-12-9-31)19-37-28-21(15-34)16-36-30-25(28)13-23(14-26(30)32)38-29(20-4-6-22(33)7-5-20)27-18-41(40-39-27)24-3-2-10-35-17-24/h2-7,10,13-14,16-18,29,38-40H,8-9,11-12,19H2,1H3,(H,36,37). The molecular weight excluding hydrogens is 555 g/mol. The van der Waals surface area contributed by atoms with E-state index in [2.05, 4.69) is 44.6 Å². The number of benzene rings is 2. The average Bonchev–Trinajstić information content (AvgIpc) is 3.50. The van der Waals surface area contributed by atoms with Crippen LogP contribution in [0.25, 0.3) is 10.9 Å². The number of rotatable bonds is 8. The molecule has 0 aliphatic carbocycles. The minimum Gasteiger partial charge on any atom is -0.383 e. The lowest BCUT2D eigenvalue weighted by atomic mass is 9.82. The van der Waals surface area contributed by atoms with Crippen LogP contribution in [0, 0.1) is 22.6 Å². The van der Waals surface area contributed by atoms with Crippen molar-refractivity contribution in [3.05, 3.63) is 101 Å². The summed E-state index contributed by atoms with van der Waals surface area (Å²) in [7, 11) is 0. The number of pyridine rings is 2. The Hall–Kier alpha value is -4.43. The van der Waals surface area contributed by atoms with Gasteiger partial charge in [0.05, 0.1) is 45.4 Å². The molecule has 0 spiro atoms. The Morgan fingerprint density at radius 1 is 1.19 bits per heavy atom. The number of anilines is 3. The van der Waals surface area contributed by atoms with Crippen LogP contribution in [0.2, 0.25) is 5.02 Å². The van der Waals surface area contributed by atoms with Crippen molar-refractivity contribution in [1.29, 1.82) is 5.26 Å². The van der Waals surface area contributed by atoms with Crippen LogP contribution >= 0.6 is 11.6 Å². The van der Waals surface area contributed by atoms with E-state index in [0.717, 1.165) is 48.4 Å². The summed E-state index contributed by atoms with van der Waals surface area (Å²) in [6, 6.07) is 15.8. The molecule has 0 amide bonds. The molecule has 214 valence electrons. The van der Waals surface area contributed by atoms with Gasteiger partial charge in [0.2, 0.25) is 0 Å². The lowest BCUT2D eigenvalue weighted by Gasteiger charge is -2.34. The van der Waals surface area contributed by atoms with E-state index in [4.69, 9.17) is 16.3 Å². The number of hydrogen-bond donors (Lipinski definition) is 4. The first-order valence-electron chi connectivity index (χ1n) is 13.7. The second kappa shape index (κ2) is 11.8. The lowest BCUT2D eigenvalue weighted by Crippen LogP contribution is -2.37.